The third kappa shape index (κ3) is 2.86. The Balaban J connectivity index is 1.58. The van der Waals surface area contributed by atoms with Crippen molar-refractivity contribution in [1.82, 2.24) is 10.3 Å². The molecule has 1 amide bonds. The average molecular weight is 284 g/mol. The maximum atomic E-state index is 11.8. The highest BCUT2D eigenvalue weighted by Crippen LogP contribution is 2.38. The molecule has 0 radical (unpaired) electrons. The van der Waals surface area contributed by atoms with Crippen molar-refractivity contribution in [3.8, 4) is 0 Å². The normalized spacial score (nSPS) is 20.2. The Bertz CT molecular complexity index is 693. The van der Waals surface area contributed by atoms with Crippen LogP contribution < -0.4 is 5.32 Å². The van der Waals surface area contributed by atoms with Crippen molar-refractivity contribution in [2.45, 2.75) is 12.8 Å². The van der Waals surface area contributed by atoms with E-state index >= 15 is 0 Å². The molecule has 2 aromatic rings. The number of carboxylic acids is 1. The van der Waals surface area contributed by atoms with E-state index in [0.717, 1.165) is 16.5 Å². The summed E-state index contributed by atoms with van der Waals surface area (Å²) in [5, 5.41) is 12.7. The molecule has 1 saturated carbocycles. The lowest BCUT2D eigenvalue weighted by Gasteiger charge is -2.07. The van der Waals surface area contributed by atoms with E-state index in [2.05, 4.69) is 10.3 Å². The van der Waals surface area contributed by atoms with Crippen LogP contribution in [-0.2, 0) is 16.0 Å². The molecule has 1 aromatic heterocycles. The molecule has 1 fully saturated rings. The summed E-state index contributed by atoms with van der Waals surface area (Å²) in [5.41, 5.74) is 2.03. The number of nitrogens with one attached hydrogen (secondary N) is 1. The summed E-state index contributed by atoms with van der Waals surface area (Å²) in [6.07, 6.45) is 2.90. The lowest BCUT2D eigenvalue weighted by Crippen LogP contribution is -2.28. The molecule has 3 rings (SSSR count). The van der Waals surface area contributed by atoms with Crippen LogP contribution in [0.2, 0.25) is 0 Å². The van der Waals surface area contributed by atoms with Crippen LogP contribution in [0.1, 0.15) is 12.0 Å². The number of hydrogen-bond donors (Lipinski definition) is 2. The molecule has 5 nitrogen and oxygen atoms in total. The molecule has 21 heavy (non-hydrogen) atoms. The Morgan fingerprint density at radius 3 is 2.81 bits per heavy atom. The van der Waals surface area contributed by atoms with Gasteiger partial charge in [-0.2, -0.15) is 0 Å². The molecular formula is C16H16N2O3. The number of pyridine rings is 1. The Kier molecular flexibility index (Phi) is 3.56. The summed E-state index contributed by atoms with van der Waals surface area (Å²) in [4.78, 5) is 26.9. The predicted molar refractivity (Wildman–Crippen MR) is 77.7 cm³/mol. The lowest BCUT2D eigenvalue weighted by atomic mass is 10.1. The molecular weight excluding hydrogens is 268 g/mol. The number of carbonyl (C=O) groups is 2. The average Bonchev–Trinajstić information content (AvgIpc) is 3.28. The summed E-state index contributed by atoms with van der Waals surface area (Å²) in [5.74, 6) is -1.89. The highest BCUT2D eigenvalue weighted by molar-refractivity contribution is 5.89. The van der Waals surface area contributed by atoms with Gasteiger partial charge < -0.3 is 10.4 Å². The van der Waals surface area contributed by atoms with Crippen LogP contribution in [0.3, 0.4) is 0 Å². The highest BCUT2D eigenvalue weighted by atomic mass is 16.4. The van der Waals surface area contributed by atoms with Gasteiger partial charge in [-0.25, -0.2) is 0 Å². The van der Waals surface area contributed by atoms with E-state index in [-0.39, 0.29) is 11.8 Å². The molecule has 1 aliphatic rings. The lowest BCUT2D eigenvalue weighted by molar-refractivity contribution is -0.140. The van der Waals surface area contributed by atoms with Crippen LogP contribution in [0.5, 0.6) is 0 Å². The van der Waals surface area contributed by atoms with Crippen LogP contribution in [0.25, 0.3) is 10.9 Å². The van der Waals surface area contributed by atoms with Gasteiger partial charge in [-0.3, -0.25) is 14.6 Å². The molecule has 2 unspecified atom stereocenters. The van der Waals surface area contributed by atoms with Crippen LogP contribution >= 0.6 is 0 Å². The van der Waals surface area contributed by atoms with Gasteiger partial charge >= 0.3 is 5.97 Å². The summed E-state index contributed by atoms with van der Waals surface area (Å²) < 4.78 is 0. The first-order valence-electron chi connectivity index (χ1n) is 7.00. The molecule has 1 aromatic carbocycles. The number of rotatable bonds is 5. The maximum absolute atomic E-state index is 11.8. The van der Waals surface area contributed by atoms with Crippen molar-refractivity contribution >= 4 is 22.8 Å². The molecule has 0 aliphatic heterocycles. The van der Waals surface area contributed by atoms with Gasteiger partial charge in [0.1, 0.15) is 0 Å². The number of hydrogen-bond acceptors (Lipinski definition) is 3. The van der Waals surface area contributed by atoms with E-state index in [0.29, 0.717) is 19.4 Å². The second kappa shape index (κ2) is 5.52. The van der Waals surface area contributed by atoms with E-state index < -0.39 is 11.9 Å². The minimum Gasteiger partial charge on any atom is -0.481 e. The van der Waals surface area contributed by atoms with E-state index in [1.54, 1.807) is 6.20 Å². The molecule has 108 valence electrons. The third-order valence-electron chi connectivity index (χ3n) is 3.85. The van der Waals surface area contributed by atoms with Gasteiger partial charge in [0.2, 0.25) is 5.91 Å². The minimum absolute atomic E-state index is 0.157. The minimum atomic E-state index is -0.881. The van der Waals surface area contributed by atoms with Crippen molar-refractivity contribution < 1.29 is 14.7 Å². The zero-order valence-electron chi connectivity index (χ0n) is 11.5. The van der Waals surface area contributed by atoms with Gasteiger partial charge in [-0.1, -0.05) is 24.3 Å². The van der Waals surface area contributed by atoms with Crippen LogP contribution in [0, 0.1) is 11.8 Å². The summed E-state index contributed by atoms with van der Waals surface area (Å²) in [6.45, 7) is 0.497. The van der Waals surface area contributed by atoms with Crippen molar-refractivity contribution in [3.63, 3.8) is 0 Å². The van der Waals surface area contributed by atoms with Gasteiger partial charge in [-0.15, -0.1) is 0 Å². The van der Waals surface area contributed by atoms with Crippen molar-refractivity contribution in [1.29, 1.82) is 0 Å². The largest absolute Gasteiger partial charge is 0.481 e. The number of amides is 1. The van der Waals surface area contributed by atoms with E-state index in [1.807, 2.05) is 30.3 Å². The second-order valence-corrected chi connectivity index (χ2v) is 5.32. The molecule has 0 bridgehead atoms. The molecule has 5 heteroatoms. The summed E-state index contributed by atoms with van der Waals surface area (Å²) in [6, 6.07) is 9.88. The number of fused-ring (bicyclic) bond motifs is 1. The predicted octanol–water partition coefficient (Wildman–Crippen LogP) is 1.61. The maximum Gasteiger partial charge on any atom is 0.307 e. The van der Waals surface area contributed by atoms with E-state index in [1.165, 1.54) is 0 Å². The van der Waals surface area contributed by atoms with Crippen LogP contribution in [0.4, 0.5) is 0 Å². The highest BCUT2D eigenvalue weighted by Gasteiger charge is 2.48. The number of carbonyl (C=O) groups excluding carboxylic acids is 1. The van der Waals surface area contributed by atoms with Crippen molar-refractivity contribution in [2.24, 2.45) is 11.8 Å². The first kappa shape index (κ1) is 13.5. The summed E-state index contributed by atoms with van der Waals surface area (Å²) in [7, 11) is 0. The fraction of sp³-hybridized carbons (Fsp3) is 0.312. The van der Waals surface area contributed by atoms with Gasteiger partial charge in [0, 0.05) is 18.1 Å². The van der Waals surface area contributed by atoms with E-state index in [9.17, 15) is 9.59 Å². The van der Waals surface area contributed by atoms with Crippen molar-refractivity contribution in [2.75, 3.05) is 6.54 Å². The number of nitrogens with zero attached hydrogens (tertiary/aromatic N) is 1. The molecule has 2 N–H and O–H groups in total. The number of para-hydroxylation sites is 1. The topological polar surface area (TPSA) is 79.3 Å². The number of aliphatic carboxylic acids is 1. The van der Waals surface area contributed by atoms with Crippen LogP contribution in [0.15, 0.2) is 36.5 Å². The summed E-state index contributed by atoms with van der Waals surface area (Å²) >= 11 is 0. The fourth-order valence-electron chi connectivity index (χ4n) is 2.58. The van der Waals surface area contributed by atoms with Gasteiger partial charge in [0.15, 0.2) is 0 Å². The number of aromatic nitrogens is 1. The first-order valence-corrected chi connectivity index (χ1v) is 7.00. The zero-order valence-corrected chi connectivity index (χ0v) is 11.5. The number of carboxylic acid groups (broad SMARTS) is 1. The second-order valence-electron chi connectivity index (χ2n) is 5.32. The first-order chi connectivity index (χ1) is 10.2. The Morgan fingerprint density at radius 2 is 2.05 bits per heavy atom. The van der Waals surface area contributed by atoms with Crippen molar-refractivity contribution in [3.05, 3.63) is 42.1 Å². The SMILES string of the molecule is O=C(O)C1CC1C(=O)NCCc1cccc2cccnc12. The molecule has 0 spiro atoms. The molecule has 1 heterocycles. The fourth-order valence-corrected chi connectivity index (χ4v) is 2.58. The van der Waals surface area contributed by atoms with E-state index in [4.69, 9.17) is 5.11 Å². The Labute approximate surface area is 122 Å². The zero-order chi connectivity index (χ0) is 14.8. The monoisotopic (exact) mass is 284 g/mol. The quantitative estimate of drug-likeness (QED) is 0.874. The molecule has 2 atom stereocenters. The number of benzene rings is 1. The third-order valence-corrected chi connectivity index (χ3v) is 3.85. The standard InChI is InChI=1S/C16H16N2O3/c19-15(12-9-13(12)16(20)21)18-8-6-11-4-1-3-10-5-2-7-17-14(10)11/h1-5,7,12-13H,6,8-9H2,(H,18,19)(H,20,21). The van der Waals surface area contributed by atoms with Gasteiger partial charge in [-0.05, 0) is 24.5 Å². The molecule has 1 aliphatic carbocycles. The smallest absolute Gasteiger partial charge is 0.307 e. The van der Waals surface area contributed by atoms with Crippen LogP contribution in [-0.4, -0.2) is 28.5 Å². The Morgan fingerprint density at radius 1 is 1.24 bits per heavy atom. The van der Waals surface area contributed by atoms with Gasteiger partial charge in [0.25, 0.3) is 0 Å². The van der Waals surface area contributed by atoms with Gasteiger partial charge in [0.05, 0.1) is 17.4 Å². The Hall–Kier alpha value is -2.43. The molecule has 0 saturated heterocycles.